The third-order valence-corrected chi connectivity index (χ3v) is 4.57. The predicted molar refractivity (Wildman–Crippen MR) is 115 cm³/mol. The average Bonchev–Trinajstić information content (AvgIpc) is 3.13. The largest absolute Gasteiger partial charge is 0.506 e. The molecule has 0 fully saturated rings. The fraction of sp³-hybridized carbons (Fsp3) is 0.304. The summed E-state index contributed by atoms with van der Waals surface area (Å²) in [4.78, 5) is 25.0. The van der Waals surface area contributed by atoms with E-state index in [1.54, 1.807) is 24.3 Å². The second-order valence-corrected chi connectivity index (χ2v) is 8.20. The summed E-state index contributed by atoms with van der Waals surface area (Å²) < 4.78 is 10.0. The van der Waals surface area contributed by atoms with Crippen molar-refractivity contribution in [2.75, 3.05) is 13.2 Å². The van der Waals surface area contributed by atoms with Gasteiger partial charge in [0.15, 0.2) is 0 Å². The molecule has 0 unspecified atom stereocenters. The summed E-state index contributed by atoms with van der Waals surface area (Å²) in [6, 6.07) is 10.1. The summed E-state index contributed by atoms with van der Waals surface area (Å²) >= 11 is 0. The standard InChI is InChI=1S/C23H25N3O5/c1-14(2)21(28)30-10-11-31-22(29)15-6-8-17-18(12-15)25-26(24-17)19-13-16(23(3,4)5)7-9-20(19)27/h6-9,12-13,27H,1,10-11H2,2-5H3. The molecule has 0 bridgehead atoms. The molecule has 3 aromatic rings. The fourth-order valence-electron chi connectivity index (χ4n) is 2.77. The van der Waals surface area contributed by atoms with Crippen LogP contribution < -0.4 is 0 Å². The number of aromatic nitrogens is 3. The van der Waals surface area contributed by atoms with Crippen molar-refractivity contribution in [2.24, 2.45) is 0 Å². The first-order chi connectivity index (χ1) is 14.6. The van der Waals surface area contributed by atoms with Gasteiger partial charge in [-0.15, -0.1) is 15.0 Å². The van der Waals surface area contributed by atoms with Crippen LogP contribution in [0.25, 0.3) is 16.7 Å². The van der Waals surface area contributed by atoms with E-state index in [0.717, 1.165) is 5.56 Å². The molecule has 0 aliphatic heterocycles. The number of rotatable bonds is 6. The maximum absolute atomic E-state index is 12.3. The molecule has 0 saturated heterocycles. The molecule has 0 saturated carbocycles. The SMILES string of the molecule is C=C(C)C(=O)OCCOC(=O)c1ccc2nn(-c3cc(C(C)(C)C)ccc3O)nc2c1. The third-order valence-electron chi connectivity index (χ3n) is 4.57. The minimum atomic E-state index is -0.569. The lowest BCUT2D eigenvalue weighted by molar-refractivity contribution is -0.140. The Hall–Kier alpha value is -3.68. The van der Waals surface area contributed by atoms with Gasteiger partial charge >= 0.3 is 11.9 Å². The Morgan fingerprint density at radius 1 is 1.03 bits per heavy atom. The first-order valence-electron chi connectivity index (χ1n) is 9.77. The fourth-order valence-corrected chi connectivity index (χ4v) is 2.77. The van der Waals surface area contributed by atoms with Gasteiger partial charge in [-0.25, -0.2) is 9.59 Å². The van der Waals surface area contributed by atoms with Crippen molar-refractivity contribution in [2.45, 2.75) is 33.1 Å². The second kappa shape index (κ2) is 8.59. The number of esters is 2. The molecular formula is C23H25N3O5. The molecule has 8 heteroatoms. The van der Waals surface area contributed by atoms with E-state index in [-0.39, 0.29) is 30.0 Å². The number of carbonyl (C=O) groups is 2. The molecule has 8 nitrogen and oxygen atoms in total. The van der Waals surface area contributed by atoms with Gasteiger partial charge < -0.3 is 14.6 Å². The average molecular weight is 423 g/mol. The minimum Gasteiger partial charge on any atom is -0.506 e. The molecule has 0 amide bonds. The van der Waals surface area contributed by atoms with E-state index in [4.69, 9.17) is 9.47 Å². The normalized spacial score (nSPS) is 11.4. The van der Waals surface area contributed by atoms with E-state index < -0.39 is 11.9 Å². The third kappa shape index (κ3) is 5.09. The number of hydrogen-bond donors (Lipinski definition) is 1. The maximum Gasteiger partial charge on any atom is 0.338 e. The Kier molecular flexibility index (Phi) is 6.10. The van der Waals surface area contributed by atoms with E-state index >= 15 is 0 Å². The van der Waals surface area contributed by atoms with Crippen LogP contribution in [0.4, 0.5) is 0 Å². The lowest BCUT2D eigenvalue weighted by atomic mass is 9.87. The van der Waals surface area contributed by atoms with Gasteiger partial charge in [-0.2, -0.15) is 0 Å². The van der Waals surface area contributed by atoms with E-state index in [2.05, 4.69) is 37.5 Å². The van der Waals surface area contributed by atoms with Gasteiger partial charge in [0, 0.05) is 5.57 Å². The Bertz CT molecular complexity index is 1160. The number of benzene rings is 2. The van der Waals surface area contributed by atoms with Gasteiger partial charge in [0.2, 0.25) is 0 Å². The molecule has 31 heavy (non-hydrogen) atoms. The molecule has 0 aliphatic carbocycles. The quantitative estimate of drug-likeness (QED) is 0.366. The van der Waals surface area contributed by atoms with Crippen molar-refractivity contribution in [3.63, 3.8) is 0 Å². The van der Waals surface area contributed by atoms with Gasteiger partial charge in [0.1, 0.15) is 35.7 Å². The predicted octanol–water partition coefficient (Wildman–Crippen LogP) is 3.70. The van der Waals surface area contributed by atoms with Crippen LogP contribution >= 0.6 is 0 Å². The van der Waals surface area contributed by atoms with E-state index in [1.165, 1.54) is 11.7 Å². The van der Waals surface area contributed by atoms with E-state index in [1.807, 2.05) is 12.1 Å². The van der Waals surface area contributed by atoms with Crippen LogP contribution in [-0.2, 0) is 19.7 Å². The van der Waals surface area contributed by atoms with Gasteiger partial charge in [-0.1, -0.05) is 33.4 Å². The van der Waals surface area contributed by atoms with Gasteiger partial charge in [0.05, 0.1) is 5.56 Å². The number of phenols is 1. The number of phenolic OH excluding ortho intramolecular Hbond substituents is 1. The summed E-state index contributed by atoms with van der Waals surface area (Å²) in [5, 5.41) is 19.1. The number of carbonyl (C=O) groups excluding carboxylic acids is 2. The van der Waals surface area contributed by atoms with Crippen LogP contribution in [0.15, 0.2) is 48.6 Å². The Labute approximate surface area is 180 Å². The van der Waals surface area contributed by atoms with Crippen molar-refractivity contribution < 1.29 is 24.2 Å². The highest BCUT2D eigenvalue weighted by Crippen LogP contribution is 2.29. The van der Waals surface area contributed by atoms with Gasteiger partial charge in [0.25, 0.3) is 0 Å². The molecule has 0 atom stereocenters. The van der Waals surface area contributed by atoms with Gasteiger partial charge in [-0.3, -0.25) is 0 Å². The number of fused-ring (bicyclic) bond motifs is 1. The molecule has 0 radical (unpaired) electrons. The zero-order valence-corrected chi connectivity index (χ0v) is 18.0. The first-order valence-corrected chi connectivity index (χ1v) is 9.77. The molecule has 0 spiro atoms. The highest BCUT2D eigenvalue weighted by Gasteiger charge is 2.18. The van der Waals surface area contributed by atoms with Crippen LogP contribution in [0, 0.1) is 0 Å². The zero-order chi connectivity index (χ0) is 22.8. The van der Waals surface area contributed by atoms with Crippen molar-refractivity contribution in [1.82, 2.24) is 15.0 Å². The first kappa shape index (κ1) is 22.0. The summed E-state index contributed by atoms with van der Waals surface area (Å²) in [5.74, 6) is -1.05. The maximum atomic E-state index is 12.3. The monoisotopic (exact) mass is 423 g/mol. The Balaban J connectivity index is 1.77. The summed E-state index contributed by atoms with van der Waals surface area (Å²) in [6.07, 6.45) is 0. The highest BCUT2D eigenvalue weighted by atomic mass is 16.6. The van der Waals surface area contributed by atoms with Crippen LogP contribution in [0.1, 0.15) is 43.6 Å². The molecule has 162 valence electrons. The molecule has 0 aliphatic rings. The second-order valence-electron chi connectivity index (χ2n) is 8.20. The summed E-state index contributed by atoms with van der Waals surface area (Å²) in [7, 11) is 0. The zero-order valence-electron chi connectivity index (χ0n) is 18.0. The molecule has 3 rings (SSSR count). The molecule has 2 aromatic carbocycles. The van der Waals surface area contributed by atoms with Crippen molar-refractivity contribution in [3.8, 4) is 11.4 Å². The lowest BCUT2D eigenvalue weighted by Gasteiger charge is -2.19. The molecule has 1 heterocycles. The number of ether oxygens (including phenoxy) is 2. The van der Waals surface area contributed by atoms with Crippen LogP contribution in [-0.4, -0.2) is 45.3 Å². The van der Waals surface area contributed by atoms with Crippen LogP contribution in [0.2, 0.25) is 0 Å². The molecule has 1 aromatic heterocycles. The van der Waals surface area contributed by atoms with Crippen molar-refractivity contribution >= 4 is 23.0 Å². The van der Waals surface area contributed by atoms with Crippen molar-refractivity contribution in [3.05, 3.63) is 59.7 Å². The summed E-state index contributed by atoms with van der Waals surface area (Å²) in [6.45, 7) is 11.1. The number of hydrogen-bond acceptors (Lipinski definition) is 7. The van der Waals surface area contributed by atoms with Crippen LogP contribution in [0.3, 0.4) is 0 Å². The van der Waals surface area contributed by atoms with Crippen molar-refractivity contribution in [1.29, 1.82) is 0 Å². The smallest absolute Gasteiger partial charge is 0.338 e. The molecule has 1 N–H and O–H groups in total. The van der Waals surface area contributed by atoms with E-state index in [0.29, 0.717) is 22.3 Å². The van der Waals surface area contributed by atoms with Crippen LogP contribution in [0.5, 0.6) is 5.75 Å². The molecular weight excluding hydrogens is 398 g/mol. The topological polar surface area (TPSA) is 104 Å². The Morgan fingerprint density at radius 3 is 2.39 bits per heavy atom. The summed E-state index contributed by atoms with van der Waals surface area (Å²) in [5.41, 5.74) is 2.98. The minimum absolute atomic E-state index is 0.0530. The van der Waals surface area contributed by atoms with E-state index in [9.17, 15) is 14.7 Å². The van der Waals surface area contributed by atoms with Gasteiger partial charge in [-0.05, 0) is 48.2 Å². The highest BCUT2D eigenvalue weighted by molar-refractivity contribution is 5.93. The number of nitrogens with zero attached hydrogens (tertiary/aromatic N) is 3. The number of aromatic hydroxyl groups is 1. The lowest BCUT2D eigenvalue weighted by Crippen LogP contribution is -2.14. The Morgan fingerprint density at radius 2 is 1.71 bits per heavy atom.